The van der Waals surface area contributed by atoms with Gasteiger partial charge in [0.25, 0.3) is 5.91 Å². The topological polar surface area (TPSA) is 55.4 Å². The molecule has 0 unspecified atom stereocenters. The Morgan fingerprint density at radius 2 is 2.11 bits per heavy atom. The number of ether oxygens (including phenoxy) is 1. The minimum atomic E-state index is -0.879. The van der Waals surface area contributed by atoms with E-state index in [1.165, 1.54) is 0 Å². The van der Waals surface area contributed by atoms with Gasteiger partial charge in [0.05, 0.1) is 16.1 Å². The summed E-state index contributed by atoms with van der Waals surface area (Å²) in [7, 11) is 0. The Labute approximate surface area is 132 Å². The Hall–Kier alpha value is -0.300. The smallest absolute Gasteiger partial charge is 0.331 e. The van der Waals surface area contributed by atoms with E-state index >= 15 is 0 Å². The summed E-state index contributed by atoms with van der Waals surface area (Å²) >= 11 is 16.0. The highest BCUT2D eigenvalue weighted by Crippen LogP contribution is 2.42. The highest BCUT2D eigenvalue weighted by atomic mass is 79.9. The number of rotatable bonds is 4. The van der Waals surface area contributed by atoms with Crippen LogP contribution in [0.5, 0.6) is 0 Å². The second kappa shape index (κ2) is 5.60. The van der Waals surface area contributed by atoms with Crippen LogP contribution in [0, 0.1) is 0 Å². The third kappa shape index (κ3) is 2.91. The molecule has 0 spiro atoms. The lowest BCUT2D eigenvalue weighted by molar-refractivity contribution is -0.146. The van der Waals surface area contributed by atoms with Gasteiger partial charge in [0.1, 0.15) is 14.8 Å². The first kappa shape index (κ1) is 15.1. The van der Waals surface area contributed by atoms with Crippen LogP contribution in [0.25, 0.3) is 0 Å². The first-order valence-electron chi connectivity index (χ1n) is 5.54. The molecule has 1 heterocycles. The minimum absolute atomic E-state index is 0.288. The number of carbonyl (C=O) groups excluding carboxylic acids is 2. The normalized spacial score (nSPS) is 16.0. The highest BCUT2D eigenvalue weighted by Gasteiger charge is 2.53. The molecule has 8 heteroatoms. The molecule has 0 aromatic carbocycles. The molecular weight excluding hydrogens is 377 g/mol. The minimum Gasteiger partial charge on any atom is -0.464 e. The predicted molar refractivity (Wildman–Crippen MR) is 78.1 cm³/mol. The molecule has 0 bridgehead atoms. The van der Waals surface area contributed by atoms with Crippen LogP contribution in [0.1, 0.15) is 29.4 Å². The summed E-state index contributed by atoms with van der Waals surface area (Å²) in [6.45, 7) is 2.02. The van der Waals surface area contributed by atoms with Crippen LogP contribution >= 0.6 is 50.5 Å². The maximum atomic E-state index is 12.1. The zero-order valence-electron chi connectivity index (χ0n) is 9.89. The van der Waals surface area contributed by atoms with Crippen molar-refractivity contribution in [3.05, 3.63) is 18.7 Å². The van der Waals surface area contributed by atoms with Crippen molar-refractivity contribution < 1.29 is 14.3 Å². The molecule has 104 valence electrons. The van der Waals surface area contributed by atoms with Gasteiger partial charge < -0.3 is 10.1 Å². The van der Waals surface area contributed by atoms with Crippen molar-refractivity contribution >= 4 is 62.3 Å². The van der Waals surface area contributed by atoms with Crippen LogP contribution in [-0.2, 0) is 9.53 Å². The van der Waals surface area contributed by atoms with Gasteiger partial charge in [0, 0.05) is 0 Å². The zero-order valence-corrected chi connectivity index (χ0v) is 13.8. The molecule has 0 radical (unpaired) electrons. The maximum Gasteiger partial charge on any atom is 0.331 e. The SMILES string of the molecule is CCOC(=O)C1(NC(=O)c2sc(Cl)c(Cl)c2Br)CC1. The van der Waals surface area contributed by atoms with Gasteiger partial charge in [0.15, 0.2) is 0 Å². The number of halogens is 3. The lowest BCUT2D eigenvalue weighted by Crippen LogP contribution is -2.44. The van der Waals surface area contributed by atoms with Crippen molar-refractivity contribution in [2.24, 2.45) is 0 Å². The Morgan fingerprint density at radius 3 is 2.53 bits per heavy atom. The Morgan fingerprint density at radius 1 is 1.47 bits per heavy atom. The summed E-state index contributed by atoms with van der Waals surface area (Å²) in [6.07, 6.45) is 1.17. The summed E-state index contributed by atoms with van der Waals surface area (Å²) in [5.41, 5.74) is -0.879. The number of carbonyl (C=O) groups is 2. The van der Waals surface area contributed by atoms with Gasteiger partial charge in [-0.2, -0.15) is 0 Å². The van der Waals surface area contributed by atoms with E-state index in [1.807, 2.05) is 0 Å². The first-order valence-corrected chi connectivity index (χ1v) is 7.91. The van der Waals surface area contributed by atoms with Gasteiger partial charge in [-0.15, -0.1) is 11.3 Å². The van der Waals surface area contributed by atoms with Crippen molar-refractivity contribution in [2.75, 3.05) is 6.61 Å². The van der Waals surface area contributed by atoms with E-state index in [0.29, 0.717) is 31.6 Å². The third-order valence-electron chi connectivity index (χ3n) is 2.73. The lowest BCUT2D eigenvalue weighted by atomic mass is 10.2. The molecule has 0 atom stereocenters. The summed E-state index contributed by atoms with van der Waals surface area (Å²) in [5.74, 6) is -0.774. The third-order valence-corrected chi connectivity index (χ3v) is 6.00. The van der Waals surface area contributed by atoms with Gasteiger partial charge in [-0.3, -0.25) is 4.79 Å². The molecule has 1 aliphatic rings. The van der Waals surface area contributed by atoms with E-state index in [9.17, 15) is 9.59 Å². The number of nitrogens with one attached hydrogen (secondary N) is 1. The zero-order chi connectivity index (χ0) is 14.2. The highest BCUT2D eigenvalue weighted by molar-refractivity contribution is 9.10. The number of hydrogen-bond acceptors (Lipinski definition) is 4. The fraction of sp³-hybridized carbons (Fsp3) is 0.455. The molecule has 4 nitrogen and oxygen atoms in total. The van der Waals surface area contributed by atoms with Crippen LogP contribution in [0.3, 0.4) is 0 Å². The molecule has 1 fully saturated rings. The Balaban J connectivity index is 2.13. The number of esters is 1. The van der Waals surface area contributed by atoms with E-state index in [2.05, 4.69) is 21.2 Å². The summed E-state index contributed by atoms with van der Waals surface area (Å²) in [6, 6.07) is 0. The molecule has 1 N–H and O–H groups in total. The van der Waals surface area contributed by atoms with Gasteiger partial charge in [-0.05, 0) is 35.7 Å². The van der Waals surface area contributed by atoms with E-state index in [-0.39, 0.29) is 12.5 Å². The first-order chi connectivity index (χ1) is 8.91. The average Bonchev–Trinajstić information content (AvgIpc) is 3.09. The summed E-state index contributed by atoms with van der Waals surface area (Å²) in [5, 5.41) is 3.00. The number of amides is 1. The van der Waals surface area contributed by atoms with Crippen LogP contribution in [0.4, 0.5) is 0 Å². The largest absolute Gasteiger partial charge is 0.464 e. The van der Waals surface area contributed by atoms with Gasteiger partial charge in [0.2, 0.25) is 0 Å². The fourth-order valence-corrected chi connectivity index (χ4v) is 3.72. The molecule has 2 rings (SSSR count). The van der Waals surface area contributed by atoms with E-state index in [4.69, 9.17) is 27.9 Å². The molecule has 1 aliphatic carbocycles. The summed E-state index contributed by atoms with van der Waals surface area (Å²) < 4.78 is 5.73. The Bertz CT molecular complexity index is 542. The molecule has 19 heavy (non-hydrogen) atoms. The van der Waals surface area contributed by atoms with Gasteiger partial charge in [-0.25, -0.2) is 4.79 Å². The predicted octanol–water partition coefficient (Wildman–Crippen LogP) is 3.64. The Kier molecular flexibility index (Phi) is 4.45. The molecule has 1 aromatic heterocycles. The molecule has 0 saturated heterocycles. The van der Waals surface area contributed by atoms with Crippen molar-refractivity contribution in [3.63, 3.8) is 0 Å². The lowest BCUT2D eigenvalue weighted by Gasteiger charge is -2.15. The molecule has 1 amide bonds. The second-order valence-electron chi connectivity index (χ2n) is 4.09. The van der Waals surface area contributed by atoms with E-state index in [1.54, 1.807) is 6.92 Å². The molecule has 1 aromatic rings. The van der Waals surface area contributed by atoms with Crippen molar-refractivity contribution in [2.45, 2.75) is 25.3 Å². The van der Waals surface area contributed by atoms with Gasteiger partial charge >= 0.3 is 5.97 Å². The van der Waals surface area contributed by atoms with Crippen molar-refractivity contribution in [1.82, 2.24) is 5.32 Å². The van der Waals surface area contributed by atoms with Crippen molar-refractivity contribution in [1.29, 1.82) is 0 Å². The standard InChI is InChI=1S/C11H10BrCl2NO3S/c1-2-18-10(17)11(3-4-11)15-9(16)7-5(12)6(13)8(14)19-7/h2-4H2,1H3,(H,15,16). The fourth-order valence-electron chi connectivity index (χ4n) is 1.56. The van der Waals surface area contributed by atoms with Crippen LogP contribution < -0.4 is 5.32 Å². The van der Waals surface area contributed by atoms with Gasteiger partial charge in [-0.1, -0.05) is 23.2 Å². The maximum absolute atomic E-state index is 12.1. The van der Waals surface area contributed by atoms with Crippen LogP contribution in [-0.4, -0.2) is 24.0 Å². The van der Waals surface area contributed by atoms with Crippen LogP contribution in [0.2, 0.25) is 9.36 Å². The number of hydrogen-bond donors (Lipinski definition) is 1. The van der Waals surface area contributed by atoms with Crippen LogP contribution in [0.15, 0.2) is 4.47 Å². The average molecular weight is 387 g/mol. The number of thiophene rings is 1. The van der Waals surface area contributed by atoms with E-state index in [0.717, 1.165) is 11.3 Å². The molecular formula is C11H10BrCl2NO3S. The summed E-state index contributed by atoms with van der Waals surface area (Å²) in [4.78, 5) is 24.2. The van der Waals surface area contributed by atoms with Crippen molar-refractivity contribution in [3.8, 4) is 0 Å². The quantitative estimate of drug-likeness (QED) is 0.803. The monoisotopic (exact) mass is 385 g/mol. The van der Waals surface area contributed by atoms with E-state index < -0.39 is 11.5 Å². The molecule has 0 aliphatic heterocycles. The second-order valence-corrected chi connectivity index (χ2v) is 6.88. The molecule has 1 saturated carbocycles.